The number of nitrogens with one attached hydrogen (secondary N) is 3. The van der Waals surface area contributed by atoms with E-state index in [0.717, 1.165) is 5.56 Å². The van der Waals surface area contributed by atoms with E-state index in [1.807, 2.05) is 26.8 Å². The predicted molar refractivity (Wildman–Crippen MR) is 123 cm³/mol. The molecule has 3 aromatic rings. The normalized spacial score (nSPS) is 11.5. The van der Waals surface area contributed by atoms with E-state index >= 15 is 0 Å². The molecule has 10 nitrogen and oxygen atoms in total. The molecule has 166 valence electrons. The predicted octanol–water partition coefficient (Wildman–Crippen LogP) is 3.93. The maximum Gasteiger partial charge on any atom is 0.316 e. The highest BCUT2D eigenvalue weighted by Gasteiger charge is 2.13. The average molecular weight is 435 g/mol. The molecule has 0 radical (unpaired) electrons. The summed E-state index contributed by atoms with van der Waals surface area (Å²) < 4.78 is 5.09. The molecule has 0 saturated carbocycles. The quantitative estimate of drug-likeness (QED) is 0.307. The number of hydrogen-bond donors (Lipinski definition) is 4. The van der Waals surface area contributed by atoms with Crippen LogP contribution in [0.5, 0.6) is 6.01 Å². The van der Waals surface area contributed by atoms with Gasteiger partial charge in [0.1, 0.15) is 23.1 Å². The Kier molecular flexibility index (Phi) is 6.93. The molecular formula is C22H25N7O3. The molecule has 0 unspecified atom stereocenters. The fourth-order valence-electron chi connectivity index (χ4n) is 2.90. The van der Waals surface area contributed by atoms with E-state index in [-0.39, 0.29) is 23.4 Å². The highest BCUT2D eigenvalue weighted by molar-refractivity contribution is 6.46. The van der Waals surface area contributed by atoms with Gasteiger partial charge in [-0.3, -0.25) is 10.2 Å². The summed E-state index contributed by atoms with van der Waals surface area (Å²) in [5.41, 5.74) is 2.78. The molecule has 4 N–H and O–H groups in total. The Balaban J connectivity index is 1.82. The summed E-state index contributed by atoms with van der Waals surface area (Å²) in [6, 6.07) is 5.48. The molecule has 0 aliphatic heterocycles. The Labute approximate surface area is 185 Å². The van der Waals surface area contributed by atoms with Gasteiger partial charge in [0.2, 0.25) is 0 Å². The molecule has 2 heterocycles. The number of carbonyl (C=O) groups is 1. The molecule has 0 fully saturated rings. The van der Waals surface area contributed by atoms with Crippen LogP contribution in [0, 0.1) is 18.3 Å². The van der Waals surface area contributed by atoms with E-state index < -0.39 is 5.91 Å². The van der Waals surface area contributed by atoms with Crippen LogP contribution in [0.3, 0.4) is 0 Å². The fraction of sp³-hybridized carbons (Fsp3) is 0.273. The van der Waals surface area contributed by atoms with Crippen LogP contribution >= 0.6 is 0 Å². The van der Waals surface area contributed by atoms with Gasteiger partial charge in [-0.2, -0.15) is 4.98 Å². The number of aliphatic hydroxyl groups is 1. The topological polar surface area (TPSA) is 146 Å². The van der Waals surface area contributed by atoms with E-state index in [4.69, 9.17) is 10.1 Å². The lowest BCUT2D eigenvalue weighted by molar-refractivity contribution is -0.110. The number of rotatable bonds is 8. The zero-order valence-corrected chi connectivity index (χ0v) is 18.3. The lowest BCUT2D eigenvalue weighted by atomic mass is 10.1. The largest absolute Gasteiger partial charge is 0.512 e. The SMILES string of the molecule is COc1ncc2ncnc(Nc3cc(NC(=O)C(=N)/C=C(\O)CC(C)C)ccc3C)c2n1. The van der Waals surface area contributed by atoms with Gasteiger partial charge < -0.3 is 20.5 Å². The van der Waals surface area contributed by atoms with Crippen molar-refractivity contribution in [2.45, 2.75) is 27.2 Å². The first-order chi connectivity index (χ1) is 15.3. The van der Waals surface area contributed by atoms with Crippen LogP contribution in [-0.2, 0) is 4.79 Å². The highest BCUT2D eigenvalue weighted by Crippen LogP contribution is 2.27. The summed E-state index contributed by atoms with van der Waals surface area (Å²) in [4.78, 5) is 29.2. The summed E-state index contributed by atoms with van der Waals surface area (Å²) >= 11 is 0. The number of anilines is 3. The van der Waals surface area contributed by atoms with Crippen LogP contribution in [0.15, 0.2) is 42.6 Å². The third kappa shape index (κ3) is 5.54. The number of nitrogens with zero attached hydrogens (tertiary/aromatic N) is 4. The van der Waals surface area contributed by atoms with Gasteiger partial charge in [-0.1, -0.05) is 19.9 Å². The standard InChI is InChI=1S/C22H25N7O3/c1-12(2)7-15(30)9-16(23)21(31)27-14-6-5-13(3)17(8-14)28-20-19-18(25-11-26-20)10-24-22(29-19)32-4/h5-6,8-12,23,30H,7H2,1-4H3,(H,27,31)(H,25,26,28)/b15-9-,23-16?. The molecule has 0 aliphatic rings. The van der Waals surface area contributed by atoms with E-state index in [1.165, 1.54) is 19.5 Å². The second-order valence-electron chi connectivity index (χ2n) is 7.57. The number of ether oxygens (including phenoxy) is 1. The number of amides is 1. The average Bonchev–Trinajstić information content (AvgIpc) is 2.75. The van der Waals surface area contributed by atoms with Gasteiger partial charge in [-0.25, -0.2) is 15.0 Å². The van der Waals surface area contributed by atoms with Crippen LogP contribution in [0.25, 0.3) is 11.0 Å². The number of aliphatic hydroxyl groups excluding tert-OH is 1. The summed E-state index contributed by atoms with van der Waals surface area (Å²) in [5, 5.41) is 23.7. The van der Waals surface area contributed by atoms with Crippen molar-refractivity contribution in [3.63, 3.8) is 0 Å². The molecule has 2 aromatic heterocycles. The summed E-state index contributed by atoms with van der Waals surface area (Å²) in [5.74, 6) is 0.0482. The van der Waals surface area contributed by atoms with Crippen molar-refractivity contribution < 1.29 is 14.6 Å². The Bertz CT molecular complexity index is 1190. The van der Waals surface area contributed by atoms with Crippen molar-refractivity contribution in [2.24, 2.45) is 5.92 Å². The molecule has 1 amide bonds. The summed E-state index contributed by atoms with van der Waals surface area (Å²) in [6.45, 7) is 5.79. The number of benzene rings is 1. The third-order valence-electron chi connectivity index (χ3n) is 4.46. The maximum absolute atomic E-state index is 12.4. The van der Waals surface area contributed by atoms with Gasteiger partial charge in [0, 0.05) is 23.9 Å². The van der Waals surface area contributed by atoms with Crippen molar-refractivity contribution in [3.05, 3.63) is 48.1 Å². The first-order valence-corrected chi connectivity index (χ1v) is 9.95. The van der Waals surface area contributed by atoms with Gasteiger partial charge >= 0.3 is 6.01 Å². The van der Waals surface area contributed by atoms with Gasteiger partial charge in [-0.05, 0) is 30.5 Å². The minimum Gasteiger partial charge on any atom is -0.512 e. The first-order valence-electron chi connectivity index (χ1n) is 9.95. The molecule has 32 heavy (non-hydrogen) atoms. The van der Waals surface area contributed by atoms with Crippen LogP contribution in [0.4, 0.5) is 17.2 Å². The number of carbonyl (C=O) groups excluding carboxylic acids is 1. The molecule has 10 heteroatoms. The van der Waals surface area contributed by atoms with E-state index in [0.29, 0.717) is 34.6 Å². The fourth-order valence-corrected chi connectivity index (χ4v) is 2.90. The lowest BCUT2D eigenvalue weighted by Gasteiger charge is -2.13. The number of hydrogen-bond acceptors (Lipinski definition) is 9. The van der Waals surface area contributed by atoms with Gasteiger partial charge in [0.05, 0.1) is 19.1 Å². The third-order valence-corrected chi connectivity index (χ3v) is 4.46. The Hall–Kier alpha value is -4.08. The van der Waals surface area contributed by atoms with Crippen LogP contribution < -0.4 is 15.4 Å². The number of aryl methyl sites for hydroxylation is 1. The van der Waals surface area contributed by atoms with Crippen LogP contribution in [0.2, 0.25) is 0 Å². The Morgan fingerprint density at radius 2 is 2.06 bits per heavy atom. The number of fused-ring (bicyclic) bond motifs is 1. The molecule has 3 rings (SSSR count). The van der Waals surface area contributed by atoms with Crippen molar-refractivity contribution in [1.29, 1.82) is 5.41 Å². The minimum absolute atomic E-state index is 0.000491. The van der Waals surface area contributed by atoms with Crippen molar-refractivity contribution in [2.75, 3.05) is 17.7 Å². The second-order valence-corrected chi connectivity index (χ2v) is 7.57. The Morgan fingerprint density at radius 3 is 2.78 bits per heavy atom. The molecule has 1 aromatic carbocycles. The van der Waals surface area contributed by atoms with Gasteiger partial charge in [0.15, 0.2) is 5.82 Å². The van der Waals surface area contributed by atoms with Crippen molar-refractivity contribution in [1.82, 2.24) is 19.9 Å². The monoisotopic (exact) mass is 435 g/mol. The molecule has 0 aliphatic carbocycles. The molecule has 0 spiro atoms. The summed E-state index contributed by atoms with van der Waals surface area (Å²) in [6.07, 6.45) is 4.52. The smallest absolute Gasteiger partial charge is 0.316 e. The number of aromatic nitrogens is 4. The molecule has 0 bridgehead atoms. The highest BCUT2D eigenvalue weighted by atomic mass is 16.5. The summed E-state index contributed by atoms with van der Waals surface area (Å²) in [7, 11) is 1.48. The van der Waals surface area contributed by atoms with Gasteiger partial charge in [0.25, 0.3) is 5.91 Å². The first kappa shape index (κ1) is 22.6. The molecular weight excluding hydrogens is 410 g/mol. The van der Waals surface area contributed by atoms with Crippen molar-refractivity contribution >= 4 is 39.8 Å². The van der Waals surface area contributed by atoms with E-state index in [1.54, 1.807) is 18.3 Å². The van der Waals surface area contributed by atoms with Crippen molar-refractivity contribution in [3.8, 4) is 6.01 Å². The number of allylic oxidation sites excluding steroid dienone is 1. The van der Waals surface area contributed by atoms with Crippen LogP contribution in [0.1, 0.15) is 25.8 Å². The minimum atomic E-state index is -0.625. The maximum atomic E-state index is 12.4. The zero-order chi connectivity index (χ0) is 23.3. The molecule has 0 saturated heterocycles. The number of methoxy groups -OCH3 is 1. The molecule has 0 atom stereocenters. The van der Waals surface area contributed by atoms with E-state index in [2.05, 4.69) is 30.6 Å². The Morgan fingerprint density at radius 1 is 1.28 bits per heavy atom. The van der Waals surface area contributed by atoms with E-state index in [9.17, 15) is 9.90 Å². The van der Waals surface area contributed by atoms with Gasteiger partial charge in [-0.15, -0.1) is 0 Å². The lowest BCUT2D eigenvalue weighted by Crippen LogP contribution is -2.21. The van der Waals surface area contributed by atoms with Crippen LogP contribution in [-0.4, -0.2) is 43.8 Å². The second kappa shape index (κ2) is 9.82. The zero-order valence-electron chi connectivity index (χ0n) is 18.3.